The van der Waals surface area contributed by atoms with Crippen molar-refractivity contribution in [3.8, 4) is 11.5 Å². The average Bonchev–Trinajstić information content (AvgIpc) is 2.62. The zero-order valence-electron chi connectivity index (χ0n) is 15.4. The van der Waals surface area contributed by atoms with Crippen LogP contribution in [-0.4, -0.2) is 17.7 Å². The first-order chi connectivity index (χ1) is 12.9. The molecule has 1 heterocycles. The maximum Gasteiger partial charge on any atom is 0.344 e. The van der Waals surface area contributed by atoms with Crippen LogP contribution in [0, 0.1) is 20.8 Å². The van der Waals surface area contributed by atoms with Gasteiger partial charge in [0.1, 0.15) is 23.7 Å². The van der Waals surface area contributed by atoms with E-state index in [2.05, 4.69) is 0 Å². The summed E-state index contributed by atoms with van der Waals surface area (Å²) in [5, 5.41) is 10.4. The fraction of sp³-hybridized carbons (Fsp3) is 0.238. The molecule has 0 saturated carbocycles. The van der Waals surface area contributed by atoms with Crippen molar-refractivity contribution in [1.29, 1.82) is 0 Å². The van der Waals surface area contributed by atoms with Gasteiger partial charge >= 0.3 is 11.6 Å². The summed E-state index contributed by atoms with van der Waals surface area (Å²) in [4.78, 5) is 23.9. The molecular weight excluding hydrogens is 348 g/mol. The average molecular weight is 368 g/mol. The number of esters is 1. The summed E-state index contributed by atoms with van der Waals surface area (Å²) in [5.41, 5.74) is 2.53. The van der Waals surface area contributed by atoms with E-state index < -0.39 is 11.6 Å². The minimum Gasteiger partial charge on any atom is -0.508 e. The van der Waals surface area contributed by atoms with Gasteiger partial charge in [-0.15, -0.1) is 0 Å². The second-order valence-corrected chi connectivity index (χ2v) is 6.35. The molecule has 0 radical (unpaired) electrons. The Hall–Kier alpha value is -3.28. The summed E-state index contributed by atoms with van der Waals surface area (Å²) >= 11 is 0. The number of fused-ring (bicyclic) bond motifs is 1. The first-order valence-electron chi connectivity index (χ1n) is 8.46. The largest absolute Gasteiger partial charge is 0.508 e. The summed E-state index contributed by atoms with van der Waals surface area (Å²) < 4.78 is 16.0. The van der Waals surface area contributed by atoms with Gasteiger partial charge in [0.05, 0.1) is 0 Å². The molecule has 6 heteroatoms. The number of carbonyl (C=O) groups excluding carboxylic acids is 1. The quantitative estimate of drug-likeness (QED) is 0.548. The highest BCUT2D eigenvalue weighted by Gasteiger charge is 2.13. The molecule has 1 aromatic heterocycles. The summed E-state index contributed by atoms with van der Waals surface area (Å²) in [5.74, 6) is 0.141. The number of para-hydroxylation sites is 1. The summed E-state index contributed by atoms with van der Waals surface area (Å²) in [7, 11) is 0. The lowest BCUT2D eigenvalue weighted by Crippen LogP contribution is -2.16. The van der Waals surface area contributed by atoms with Crippen molar-refractivity contribution in [3.63, 3.8) is 0 Å². The van der Waals surface area contributed by atoms with E-state index in [-0.39, 0.29) is 24.5 Å². The van der Waals surface area contributed by atoms with E-state index in [0.29, 0.717) is 22.3 Å². The molecule has 0 saturated heterocycles. The highest BCUT2D eigenvalue weighted by molar-refractivity contribution is 5.85. The van der Waals surface area contributed by atoms with Crippen molar-refractivity contribution in [3.05, 3.63) is 69.1 Å². The predicted molar refractivity (Wildman–Crippen MR) is 100 cm³/mol. The standard InChI is InChI=1S/C21H20O6/c1-12-5-4-6-13(2)20(12)26-11-19(24)25-10-15-9-18(23)27-21-14(3)17(22)8-7-16(15)21/h4-9,22H,10-11H2,1-3H3. The number of hydrogen-bond acceptors (Lipinski definition) is 6. The van der Waals surface area contributed by atoms with Gasteiger partial charge in [-0.3, -0.25) is 0 Å². The smallest absolute Gasteiger partial charge is 0.344 e. The molecule has 0 amide bonds. The summed E-state index contributed by atoms with van der Waals surface area (Å²) in [6, 6.07) is 10.1. The molecular formula is C21H20O6. The van der Waals surface area contributed by atoms with E-state index in [9.17, 15) is 14.7 Å². The minimum absolute atomic E-state index is 0.0294. The van der Waals surface area contributed by atoms with E-state index in [1.54, 1.807) is 13.0 Å². The lowest BCUT2D eigenvalue weighted by Gasteiger charge is -2.12. The molecule has 6 nitrogen and oxygen atoms in total. The highest BCUT2D eigenvalue weighted by atomic mass is 16.6. The van der Waals surface area contributed by atoms with Crippen molar-refractivity contribution < 1.29 is 23.8 Å². The molecule has 2 aromatic carbocycles. The maximum atomic E-state index is 12.1. The molecule has 0 bridgehead atoms. The molecule has 27 heavy (non-hydrogen) atoms. The molecule has 1 N–H and O–H groups in total. The Kier molecular flexibility index (Phi) is 5.16. The van der Waals surface area contributed by atoms with Crippen LogP contribution in [-0.2, 0) is 16.1 Å². The molecule has 0 aliphatic rings. The molecule has 140 valence electrons. The SMILES string of the molecule is Cc1cccc(C)c1OCC(=O)OCc1cc(=O)oc2c(C)c(O)ccc12. The second-order valence-electron chi connectivity index (χ2n) is 6.35. The fourth-order valence-electron chi connectivity index (χ4n) is 2.89. The second kappa shape index (κ2) is 7.53. The molecule has 3 aromatic rings. The van der Waals surface area contributed by atoms with Gasteiger partial charge in [-0.2, -0.15) is 0 Å². The van der Waals surface area contributed by atoms with Gasteiger partial charge in [-0.1, -0.05) is 18.2 Å². The van der Waals surface area contributed by atoms with E-state index in [0.717, 1.165) is 11.1 Å². The number of phenols is 1. The number of rotatable bonds is 5. The lowest BCUT2D eigenvalue weighted by atomic mass is 10.1. The van der Waals surface area contributed by atoms with Crippen LogP contribution in [0.2, 0.25) is 0 Å². The van der Waals surface area contributed by atoms with E-state index >= 15 is 0 Å². The Bertz CT molecular complexity index is 1040. The highest BCUT2D eigenvalue weighted by Crippen LogP contribution is 2.27. The summed E-state index contributed by atoms with van der Waals surface area (Å²) in [6.45, 7) is 5.13. The summed E-state index contributed by atoms with van der Waals surface area (Å²) in [6.07, 6.45) is 0. The van der Waals surface area contributed by atoms with Crippen molar-refractivity contribution in [2.45, 2.75) is 27.4 Å². The Morgan fingerprint density at radius 3 is 2.52 bits per heavy atom. The van der Waals surface area contributed by atoms with Crippen molar-refractivity contribution >= 4 is 16.9 Å². The number of benzene rings is 2. The van der Waals surface area contributed by atoms with E-state index in [1.807, 2.05) is 32.0 Å². The predicted octanol–water partition coefficient (Wildman–Crippen LogP) is 3.55. The van der Waals surface area contributed by atoms with Crippen molar-refractivity contribution in [2.75, 3.05) is 6.61 Å². The first-order valence-corrected chi connectivity index (χ1v) is 8.46. The van der Waals surface area contributed by atoms with E-state index in [1.165, 1.54) is 12.1 Å². The molecule has 0 atom stereocenters. The Morgan fingerprint density at radius 2 is 1.81 bits per heavy atom. The van der Waals surface area contributed by atoms with Crippen molar-refractivity contribution in [1.82, 2.24) is 0 Å². The van der Waals surface area contributed by atoms with Crippen LogP contribution >= 0.6 is 0 Å². The van der Waals surface area contributed by atoms with Crippen LogP contribution in [0.3, 0.4) is 0 Å². The maximum absolute atomic E-state index is 12.1. The zero-order valence-corrected chi connectivity index (χ0v) is 15.4. The third-order valence-corrected chi connectivity index (χ3v) is 4.35. The number of carbonyl (C=O) groups is 1. The third kappa shape index (κ3) is 3.95. The van der Waals surface area contributed by atoms with Crippen molar-refractivity contribution in [2.24, 2.45) is 0 Å². The minimum atomic E-state index is -0.575. The Balaban J connectivity index is 1.72. The van der Waals surface area contributed by atoms with Crippen LogP contribution in [0.25, 0.3) is 11.0 Å². The number of phenolic OH excluding ortho intramolecular Hbond substituents is 1. The van der Waals surface area contributed by atoms with Crippen LogP contribution in [0.1, 0.15) is 22.3 Å². The number of aryl methyl sites for hydroxylation is 3. The normalized spacial score (nSPS) is 10.8. The number of hydrogen-bond donors (Lipinski definition) is 1. The van der Waals surface area contributed by atoms with Crippen LogP contribution < -0.4 is 10.4 Å². The number of aromatic hydroxyl groups is 1. The first kappa shape index (κ1) is 18.5. The lowest BCUT2D eigenvalue weighted by molar-refractivity contribution is -0.147. The van der Waals surface area contributed by atoms with Crippen LogP contribution in [0.5, 0.6) is 11.5 Å². The number of ether oxygens (including phenoxy) is 2. The van der Waals surface area contributed by atoms with Crippen LogP contribution in [0.4, 0.5) is 0 Å². The van der Waals surface area contributed by atoms with Gasteiger partial charge in [0.25, 0.3) is 0 Å². The molecule has 0 aliphatic heterocycles. The van der Waals surface area contributed by atoms with Gasteiger partial charge in [0.2, 0.25) is 0 Å². The Labute approximate surface area is 156 Å². The fourth-order valence-corrected chi connectivity index (χ4v) is 2.89. The molecule has 0 spiro atoms. The van der Waals surface area contributed by atoms with Gasteiger partial charge in [0, 0.05) is 22.6 Å². The molecule has 3 rings (SSSR count). The molecule has 0 unspecified atom stereocenters. The zero-order chi connectivity index (χ0) is 19.6. The monoisotopic (exact) mass is 368 g/mol. The topological polar surface area (TPSA) is 86.0 Å². The molecule has 0 fully saturated rings. The Morgan fingerprint density at radius 1 is 1.11 bits per heavy atom. The van der Waals surface area contributed by atoms with Gasteiger partial charge < -0.3 is 19.0 Å². The van der Waals surface area contributed by atoms with Gasteiger partial charge in [-0.25, -0.2) is 9.59 Å². The van der Waals surface area contributed by atoms with Gasteiger partial charge in [0.15, 0.2) is 6.61 Å². The van der Waals surface area contributed by atoms with Gasteiger partial charge in [-0.05, 0) is 44.0 Å². The molecule has 0 aliphatic carbocycles. The van der Waals surface area contributed by atoms with Crippen LogP contribution in [0.15, 0.2) is 45.6 Å². The van der Waals surface area contributed by atoms with E-state index in [4.69, 9.17) is 13.9 Å². The third-order valence-electron chi connectivity index (χ3n) is 4.35.